The van der Waals surface area contributed by atoms with E-state index in [9.17, 15) is 8.78 Å². The van der Waals surface area contributed by atoms with Crippen molar-refractivity contribution in [2.24, 2.45) is 0 Å². The molecular weight excluding hydrogens is 198 g/mol. The molecule has 1 aliphatic rings. The van der Waals surface area contributed by atoms with Crippen LogP contribution in [0.15, 0.2) is 35.6 Å². The zero-order chi connectivity index (χ0) is 11.5. The highest BCUT2D eigenvalue weighted by molar-refractivity contribution is 5.30. The van der Waals surface area contributed by atoms with E-state index in [1.807, 2.05) is 26.0 Å². The zero-order valence-electron chi connectivity index (χ0n) is 9.30. The van der Waals surface area contributed by atoms with Crippen LogP contribution < -0.4 is 0 Å². The van der Waals surface area contributed by atoms with E-state index in [2.05, 4.69) is 12.2 Å². The molecule has 15 heavy (non-hydrogen) atoms. The van der Waals surface area contributed by atoms with Crippen LogP contribution in [-0.4, -0.2) is 13.5 Å². The van der Waals surface area contributed by atoms with Gasteiger partial charge in [-0.05, 0) is 38.3 Å². The number of allylic oxidation sites excluding steroid dienone is 5. The molecule has 0 aromatic heterocycles. The Hall–Kier alpha value is -1.12. The van der Waals surface area contributed by atoms with Gasteiger partial charge in [0, 0.05) is 0 Å². The maximum Gasteiger partial charge on any atom is 0.229 e. The van der Waals surface area contributed by atoms with Gasteiger partial charge in [-0.1, -0.05) is 18.2 Å². The Morgan fingerprint density at radius 3 is 2.33 bits per heavy atom. The molecule has 3 heteroatoms. The van der Waals surface area contributed by atoms with Crippen molar-refractivity contribution >= 4 is 0 Å². The fourth-order valence-electron chi connectivity index (χ4n) is 1.33. The van der Waals surface area contributed by atoms with Crippen LogP contribution in [0.3, 0.4) is 0 Å². The Morgan fingerprint density at radius 1 is 1.20 bits per heavy atom. The summed E-state index contributed by atoms with van der Waals surface area (Å²) in [7, 11) is 0. The molecule has 0 unspecified atom stereocenters. The Balaban J connectivity index is 0.000000583. The first kappa shape index (κ1) is 13.9. The lowest BCUT2D eigenvalue weighted by atomic mass is 10.1. The van der Waals surface area contributed by atoms with Crippen LogP contribution in [0.1, 0.15) is 26.7 Å². The van der Waals surface area contributed by atoms with Crippen molar-refractivity contribution < 1.29 is 13.5 Å². The highest BCUT2D eigenvalue weighted by Crippen LogP contribution is 2.20. The Labute approximate surface area is 90.1 Å². The highest BCUT2D eigenvalue weighted by atomic mass is 19.3. The van der Waals surface area contributed by atoms with Gasteiger partial charge in [0.05, 0.1) is 6.61 Å². The number of rotatable bonds is 2. The van der Waals surface area contributed by atoms with E-state index in [4.69, 9.17) is 4.74 Å². The molecule has 0 fully saturated rings. The Kier molecular flexibility index (Phi) is 8.73. The molecule has 1 rings (SSSR count). The van der Waals surface area contributed by atoms with E-state index in [1.165, 1.54) is 5.57 Å². The molecule has 0 bridgehead atoms. The summed E-state index contributed by atoms with van der Waals surface area (Å²) in [4.78, 5) is 0. The lowest BCUT2D eigenvalue weighted by Crippen LogP contribution is -2.03. The average molecular weight is 216 g/mol. The minimum atomic E-state index is -1.75. The van der Waals surface area contributed by atoms with Gasteiger partial charge in [-0.15, -0.1) is 0 Å². The lowest BCUT2D eigenvalue weighted by molar-refractivity contribution is 0.201. The standard InChI is InChI=1S/C11H16O.CH2F2/c1-3-6-10-8-5-9-12-11(10)7-4-2;2-1-3/h3-4,6-7H,5,8-9H2,1-2H3;1H2/b6-3-,7-4-;. The summed E-state index contributed by atoms with van der Waals surface area (Å²) in [5.74, 6) is 1.04. The van der Waals surface area contributed by atoms with Crippen LogP contribution >= 0.6 is 0 Å². The van der Waals surface area contributed by atoms with Crippen molar-refractivity contribution in [1.82, 2.24) is 0 Å². The van der Waals surface area contributed by atoms with E-state index in [-0.39, 0.29) is 0 Å². The van der Waals surface area contributed by atoms with E-state index in [0.29, 0.717) is 0 Å². The second-order valence-corrected chi connectivity index (χ2v) is 2.94. The minimum Gasteiger partial charge on any atom is -0.493 e. The van der Waals surface area contributed by atoms with Gasteiger partial charge in [-0.2, -0.15) is 0 Å². The predicted octanol–water partition coefficient (Wildman–Crippen LogP) is 4.09. The maximum atomic E-state index is 9.62. The van der Waals surface area contributed by atoms with Crippen LogP contribution in [-0.2, 0) is 4.74 Å². The van der Waals surface area contributed by atoms with Gasteiger partial charge in [-0.3, -0.25) is 0 Å². The number of halogens is 2. The summed E-state index contributed by atoms with van der Waals surface area (Å²) in [6, 6.07) is 0. The van der Waals surface area contributed by atoms with Gasteiger partial charge in [0.15, 0.2) is 0 Å². The molecule has 0 aromatic rings. The third kappa shape index (κ3) is 6.05. The zero-order valence-corrected chi connectivity index (χ0v) is 9.30. The second-order valence-electron chi connectivity index (χ2n) is 2.94. The molecule has 0 aromatic carbocycles. The van der Waals surface area contributed by atoms with Crippen molar-refractivity contribution in [1.29, 1.82) is 0 Å². The van der Waals surface area contributed by atoms with Gasteiger partial charge in [0.1, 0.15) is 5.76 Å². The van der Waals surface area contributed by atoms with Crippen LogP contribution in [0.4, 0.5) is 8.78 Å². The molecule has 0 atom stereocenters. The third-order valence-corrected chi connectivity index (χ3v) is 1.85. The molecule has 1 aliphatic heterocycles. The Bertz CT molecular complexity index is 218. The van der Waals surface area contributed by atoms with Crippen LogP contribution in [0, 0.1) is 0 Å². The van der Waals surface area contributed by atoms with Gasteiger partial charge < -0.3 is 4.74 Å². The Morgan fingerprint density at radius 2 is 1.80 bits per heavy atom. The van der Waals surface area contributed by atoms with Gasteiger partial charge in [0.25, 0.3) is 0 Å². The average Bonchev–Trinajstić information content (AvgIpc) is 2.23. The summed E-state index contributed by atoms with van der Waals surface area (Å²) < 4.78 is 24.8. The lowest BCUT2D eigenvalue weighted by Gasteiger charge is -2.16. The molecule has 86 valence electrons. The first-order valence-electron chi connectivity index (χ1n) is 5.03. The first-order valence-corrected chi connectivity index (χ1v) is 5.03. The normalized spacial score (nSPS) is 16.5. The smallest absolute Gasteiger partial charge is 0.229 e. The quantitative estimate of drug-likeness (QED) is 0.675. The first-order chi connectivity index (χ1) is 7.29. The van der Waals surface area contributed by atoms with Crippen LogP contribution in [0.2, 0.25) is 0 Å². The van der Waals surface area contributed by atoms with Crippen molar-refractivity contribution in [3.05, 3.63) is 35.6 Å². The number of ether oxygens (including phenoxy) is 1. The van der Waals surface area contributed by atoms with E-state index in [0.717, 1.165) is 25.2 Å². The number of alkyl halides is 2. The van der Waals surface area contributed by atoms with E-state index < -0.39 is 6.93 Å². The molecular formula is C12H18F2O. The largest absolute Gasteiger partial charge is 0.493 e. The minimum absolute atomic E-state index is 0.862. The summed E-state index contributed by atoms with van der Waals surface area (Å²) in [5, 5.41) is 0. The van der Waals surface area contributed by atoms with E-state index in [1.54, 1.807) is 0 Å². The molecule has 0 spiro atoms. The molecule has 0 radical (unpaired) electrons. The monoisotopic (exact) mass is 216 g/mol. The van der Waals surface area contributed by atoms with Gasteiger partial charge in [0.2, 0.25) is 6.93 Å². The van der Waals surface area contributed by atoms with Crippen LogP contribution in [0.25, 0.3) is 0 Å². The van der Waals surface area contributed by atoms with Crippen molar-refractivity contribution in [2.45, 2.75) is 26.7 Å². The SMILES string of the molecule is C/C=C\C1=C(/C=C\C)OCCC1.FCF. The molecule has 0 N–H and O–H groups in total. The predicted molar refractivity (Wildman–Crippen MR) is 58.9 cm³/mol. The summed E-state index contributed by atoms with van der Waals surface area (Å²) in [6.07, 6.45) is 10.5. The molecule has 0 aliphatic carbocycles. The number of hydrogen-bond acceptors (Lipinski definition) is 1. The fraction of sp³-hybridized carbons (Fsp3) is 0.500. The summed E-state index contributed by atoms with van der Waals surface area (Å²) >= 11 is 0. The van der Waals surface area contributed by atoms with Crippen LogP contribution in [0.5, 0.6) is 0 Å². The summed E-state index contributed by atoms with van der Waals surface area (Å²) in [5.41, 5.74) is 1.32. The maximum absolute atomic E-state index is 9.62. The van der Waals surface area contributed by atoms with Crippen molar-refractivity contribution in [2.75, 3.05) is 13.5 Å². The van der Waals surface area contributed by atoms with Gasteiger partial charge >= 0.3 is 0 Å². The van der Waals surface area contributed by atoms with Gasteiger partial charge in [-0.25, -0.2) is 8.78 Å². The molecule has 1 heterocycles. The van der Waals surface area contributed by atoms with Crippen molar-refractivity contribution in [3.63, 3.8) is 0 Å². The van der Waals surface area contributed by atoms with Crippen molar-refractivity contribution in [3.8, 4) is 0 Å². The highest BCUT2D eigenvalue weighted by Gasteiger charge is 2.07. The number of hydrogen-bond donors (Lipinski definition) is 0. The topological polar surface area (TPSA) is 9.23 Å². The fourth-order valence-corrected chi connectivity index (χ4v) is 1.33. The summed E-state index contributed by atoms with van der Waals surface area (Å²) in [6.45, 7) is 3.16. The molecule has 0 saturated carbocycles. The third-order valence-electron chi connectivity index (χ3n) is 1.85. The van der Waals surface area contributed by atoms with E-state index >= 15 is 0 Å². The molecule has 0 amide bonds. The molecule has 0 saturated heterocycles. The second kappa shape index (κ2) is 9.44. The molecule has 1 nitrogen and oxygen atoms in total.